The maximum atomic E-state index is 12.3. The monoisotopic (exact) mass is 534 g/mol. The minimum Gasteiger partial charge on any atom is -0.498 e. The SMILES string of the molecule is CC(=O)C1=C(C)N(CCCN2CCC(CCOC3=CC=C(Cl)CC3)CC2)C2=C(Br)C=CCC12. The summed E-state index contributed by atoms with van der Waals surface area (Å²) in [5.41, 5.74) is 3.43. The highest BCUT2D eigenvalue weighted by Gasteiger charge is 2.38. The number of nitrogens with zero attached hydrogens (tertiary/aromatic N) is 2. The molecule has 2 heterocycles. The molecule has 0 saturated carbocycles. The Morgan fingerprint density at radius 3 is 2.70 bits per heavy atom. The average Bonchev–Trinajstić information content (AvgIpc) is 3.09. The number of likely N-dealkylation sites (tertiary alicyclic amines) is 1. The van der Waals surface area contributed by atoms with Crippen molar-refractivity contribution in [3.05, 3.63) is 56.5 Å². The third-order valence-corrected chi connectivity index (χ3v) is 8.45. The van der Waals surface area contributed by atoms with Crippen molar-refractivity contribution >= 4 is 33.3 Å². The zero-order valence-electron chi connectivity index (χ0n) is 19.9. The Bertz CT molecular complexity index is 909. The number of rotatable bonds is 9. The van der Waals surface area contributed by atoms with E-state index in [0.717, 1.165) is 84.3 Å². The molecule has 33 heavy (non-hydrogen) atoms. The van der Waals surface area contributed by atoms with Gasteiger partial charge in [-0.25, -0.2) is 0 Å². The molecule has 1 atom stereocenters. The number of ether oxygens (including phenoxy) is 1. The number of carbonyl (C=O) groups excluding carboxylic acids is 1. The van der Waals surface area contributed by atoms with Crippen molar-refractivity contribution < 1.29 is 9.53 Å². The van der Waals surface area contributed by atoms with Gasteiger partial charge < -0.3 is 14.5 Å². The summed E-state index contributed by atoms with van der Waals surface area (Å²) < 4.78 is 7.09. The predicted octanol–water partition coefficient (Wildman–Crippen LogP) is 6.66. The third-order valence-electron chi connectivity index (χ3n) is 7.46. The van der Waals surface area contributed by atoms with E-state index in [-0.39, 0.29) is 11.7 Å². The lowest BCUT2D eigenvalue weighted by Gasteiger charge is -2.33. The lowest BCUT2D eigenvalue weighted by Crippen LogP contribution is -2.36. The van der Waals surface area contributed by atoms with Crippen LogP contribution < -0.4 is 0 Å². The first kappa shape index (κ1) is 24.8. The molecule has 1 unspecified atom stereocenters. The van der Waals surface area contributed by atoms with Crippen molar-refractivity contribution in [3.8, 4) is 0 Å². The molecule has 0 bridgehead atoms. The molecule has 4 aliphatic rings. The fourth-order valence-corrected chi connectivity index (χ4v) is 6.46. The van der Waals surface area contributed by atoms with Gasteiger partial charge in [0, 0.05) is 45.4 Å². The number of halogens is 2. The number of hydrogen-bond donors (Lipinski definition) is 0. The van der Waals surface area contributed by atoms with Crippen molar-refractivity contribution in [2.45, 2.75) is 58.8 Å². The molecule has 0 amide bonds. The molecule has 0 aromatic rings. The predicted molar refractivity (Wildman–Crippen MR) is 139 cm³/mol. The second kappa shape index (κ2) is 11.4. The summed E-state index contributed by atoms with van der Waals surface area (Å²) in [5, 5.41) is 0.921. The summed E-state index contributed by atoms with van der Waals surface area (Å²) in [7, 11) is 0. The van der Waals surface area contributed by atoms with Gasteiger partial charge in [0.15, 0.2) is 5.78 Å². The van der Waals surface area contributed by atoms with E-state index in [2.05, 4.69) is 44.8 Å². The van der Waals surface area contributed by atoms with Crippen LogP contribution in [0.4, 0.5) is 0 Å². The number of fused-ring (bicyclic) bond motifs is 1. The zero-order valence-corrected chi connectivity index (χ0v) is 22.3. The highest BCUT2D eigenvalue weighted by molar-refractivity contribution is 9.11. The second-order valence-corrected chi connectivity index (χ2v) is 11.0. The maximum Gasteiger partial charge on any atom is 0.158 e. The van der Waals surface area contributed by atoms with Gasteiger partial charge in [0.2, 0.25) is 0 Å². The molecule has 0 radical (unpaired) electrons. The summed E-state index contributed by atoms with van der Waals surface area (Å²) >= 11 is 9.76. The summed E-state index contributed by atoms with van der Waals surface area (Å²) in [5.74, 6) is 2.27. The van der Waals surface area contributed by atoms with Crippen LogP contribution in [0.25, 0.3) is 0 Å². The molecule has 2 aliphatic carbocycles. The summed E-state index contributed by atoms with van der Waals surface area (Å²) in [6.07, 6.45) is 15.8. The number of carbonyl (C=O) groups is 1. The van der Waals surface area contributed by atoms with Gasteiger partial charge in [-0.1, -0.05) is 23.8 Å². The van der Waals surface area contributed by atoms with Crippen LogP contribution >= 0.6 is 27.5 Å². The van der Waals surface area contributed by atoms with Gasteiger partial charge >= 0.3 is 0 Å². The van der Waals surface area contributed by atoms with E-state index in [1.807, 2.05) is 12.2 Å². The highest BCUT2D eigenvalue weighted by Crippen LogP contribution is 2.44. The normalized spacial score (nSPS) is 24.2. The van der Waals surface area contributed by atoms with Crippen LogP contribution in [0.3, 0.4) is 0 Å². The average molecular weight is 536 g/mol. The lowest BCUT2D eigenvalue weighted by molar-refractivity contribution is -0.114. The first-order valence-corrected chi connectivity index (χ1v) is 13.6. The third kappa shape index (κ3) is 6.04. The number of Topliss-reactive ketones (excluding diaryl/α,β-unsaturated/α-hetero) is 1. The van der Waals surface area contributed by atoms with Crippen molar-refractivity contribution in [3.63, 3.8) is 0 Å². The quantitative estimate of drug-likeness (QED) is 0.331. The van der Waals surface area contributed by atoms with E-state index in [1.54, 1.807) is 6.92 Å². The lowest BCUT2D eigenvalue weighted by atomic mass is 9.89. The van der Waals surface area contributed by atoms with Crippen molar-refractivity contribution in [2.24, 2.45) is 11.8 Å². The Kier molecular flexibility index (Phi) is 8.59. The Balaban J connectivity index is 1.19. The van der Waals surface area contributed by atoms with Gasteiger partial charge in [-0.3, -0.25) is 4.79 Å². The van der Waals surface area contributed by atoms with E-state index in [1.165, 1.54) is 31.6 Å². The van der Waals surface area contributed by atoms with Crippen LogP contribution in [0.15, 0.2) is 56.5 Å². The largest absolute Gasteiger partial charge is 0.498 e. The van der Waals surface area contributed by atoms with Crippen LogP contribution in [0.5, 0.6) is 0 Å². The zero-order chi connectivity index (χ0) is 23.4. The number of allylic oxidation sites excluding steroid dienone is 9. The fraction of sp³-hybridized carbons (Fsp3) is 0.593. The van der Waals surface area contributed by atoms with Crippen LogP contribution in [-0.2, 0) is 9.53 Å². The standard InChI is InChI=1S/C27H36BrClN2O2/c1-19-26(20(2)32)24-5-3-6-25(28)27(24)31(19)15-4-14-30-16-11-21(12-17-30)13-18-33-23-9-7-22(29)8-10-23/h3,6-7,9,21,24H,4-5,8,10-18H2,1-2H3. The van der Waals surface area contributed by atoms with Crippen molar-refractivity contribution in [1.82, 2.24) is 9.80 Å². The van der Waals surface area contributed by atoms with Gasteiger partial charge in [-0.05, 0) is 106 Å². The molecule has 4 rings (SSSR count). The van der Waals surface area contributed by atoms with E-state index >= 15 is 0 Å². The van der Waals surface area contributed by atoms with Gasteiger partial charge in [0.05, 0.1) is 12.4 Å². The molecule has 2 aliphatic heterocycles. The Hall–Kier alpha value is -1.30. The topological polar surface area (TPSA) is 32.8 Å². The second-order valence-electron chi connectivity index (χ2n) is 9.65. The Morgan fingerprint density at radius 1 is 1.21 bits per heavy atom. The van der Waals surface area contributed by atoms with Crippen LogP contribution in [-0.4, -0.2) is 48.4 Å². The minimum absolute atomic E-state index is 0.208. The first-order valence-electron chi connectivity index (χ1n) is 12.4. The smallest absolute Gasteiger partial charge is 0.158 e. The van der Waals surface area contributed by atoms with Crippen LogP contribution in [0, 0.1) is 11.8 Å². The molecule has 0 aromatic heterocycles. The molecule has 6 heteroatoms. The van der Waals surface area contributed by atoms with Crippen LogP contribution in [0.1, 0.15) is 58.8 Å². The Morgan fingerprint density at radius 2 is 2.00 bits per heavy atom. The number of ketones is 1. The van der Waals surface area contributed by atoms with Gasteiger partial charge in [0.1, 0.15) is 0 Å². The number of piperidine rings is 1. The summed E-state index contributed by atoms with van der Waals surface area (Å²) in [6, 6.07) is 0. The molecule has 1 saturated heterocycles. The van der Waals surface area contributed by atoms with E-state index in [4.69, 9.17) is 16.3 Å². The molecular weight excluding hydrogens is 500 g/mol. The van der Waals surface area contributed by atoms with Crippen molar-refractivity contribution in [1.29, 1.82) is 0 Å². The molecule has 0 spiro atoms. The molecule has 180 valence electrons. The van der Waals surface area contributed by atoms with Gasteiger partial charge in [-0.15, -0.1) is 0 Å². The molecule has 0 N–H and O–H groups in total. The fourth-order valence-electron chi connectivity index (χ4n) is 5.63. The Labute approximate surface area is 212 Å². The summed E-state index contributed by atoms with van der Waals surface area (Å²) in [6.45, 7) is 9.09. The van der Waals surface area contributed by atoms with E-state index < -0.39 is 0 Å². The minimum atomic E-state index is 0.208. The molecule has 0 aromatic carbocycles. The molecule has 1 fully saturated rings. The van der Waals surface area contributed by atoms with Crippen molar-refractivity contribution in [2.75, 3.05) is 32.8 Å². The van der Waals surface area contributed by atoms with Gasteiger partial charge in [0.25, 0.3) is 0 Å². The summed E-state index contributed by atoms with van der Waals surface area (Å²) in [4.78, 5) is 17.3. The maximum absolute atomic E-state index is 12.3. The first-order chi connectivity index (χ1) is 15.9. The molecule has 4 nitrogen and oxygen atoms in total. The van der Waals surface area contributed by atoms with E-state index in [9.17, 15) is 4.79 Å². The highest BCUT2D eigenvalue weighted by atomic mass is 79.9. The van der Waals surface area contributed by atoms with E-state index in [0.29, 0.717) is 0 Å². The van der Waals surface area contributed by atoms with Gasteiger partial charge in [-0.2, -0.15) is 0 Å². The number of hydrogen-bond acceptors (Lipinski definition) is 4. The van der Waals surface area contributed by atoms with Crippen LogP contribution in [0.2, 0.25) is 0 Å². The molecular formula is C27H36BrClN2O2.